The number of hydrogen-bond donors (Lipinski definition) is 0. The van der Waals surface area contributed by atoms with E-state index in [0.29, 0.717) is 10.2 Å². The summed E-state index contributed by atoms with van der Waals surface area (Å²) in [6.07, 6.45) is 2.35. The van der Waals surface area contributed by atoms with Crippen LogP contribution < -0.4 is 0 Å². The van der Waals surface area contributed by atoms with Crippen molar-refractivity contribution < 1.29 is 0 Å². The van der Waals surface area contributed by atoms with E-state index in [1.807, 2.05) is 11.3 Å². The molecule has 0 bridgehead atoms. The molecule has 1 aromatic carbocycles. The number of hydrogen-bond acceptors (Lipinski definition) is 1. The fourth-order valence-electron chi connectivity index (χ4n) is 1.97. The molecule has 0 saturated heterocycles. The average molecular weight is 311 g/mol. The number of halogens is 1. The molecule has 1 unspecified atom stereocenters. The highest BCUT2D eigenvalue weighted by molar-refractivity contribution is 9.09. The molecule has 2 heteroatoms. The van der Waals surface area contributed by atoms with Crippen molar-refractivity contribution in [2.75, 3.05) is 0 Å². The van der Waals surface area contributed by atoms with Gasteiger partial charge in [0.1, 0.15) is 0 Å². The minimum atomic E-state index is 0.337. The molecule has 0 aliphatic carbocycles. The third-order valence-electron chi connectivity index (χ3n) is 3.17. The number of alkyl halides is 1. The second-order valence-electron chi connectivity index (χ2n) is 5.63. The predicted molar refractivity (Wildman–Crippen MR) is 82.3 cm³/mol. The highest BCUT2D eigenvalue weighted by Crippen LogP contribution is 2.31. The Morgan fingerprint density at radius 1 is 1.24 bits per heavy atom. The van der Waals surface area contributed by atoms with Gasteiger partial charge in [-0.05, 0) is 40.7 Å². The zero-order valence-electron chi connectivity index (χ0n) is 10.7. The van der Waals surface area contributed by atoms with Crippen LogP contribution in [-0.4, -0.2) is 4.83 Å². The molecule has 0 aliphatic rings. The second-order valence-corrected chi connectivity index (χ2v) is 7.65. The second kappa shape index (κ2) is 5.11. The normalized spacial score (nSPS) is 14.1. The maximum Gasteiger partial charge on any atom is 0.0374 e. The Morgan fingerprint density at radius 2 is 2.00 bits per heavy atom. The van der Waals surface area contributed by atoms with Gasteiger partial charge < -0.3 is 0 Å². The van der Waals surface area contributed by atoms with Gasteiger partial charge in [-0.25, -0.2) is 0 Å². The molecule has 1 atom stereocenters. The minimum absolute atomic E-state index is 0.337. The lowest BCUT2D eigenvalue weighted by Crippen LogP contribution is -2.20. The molecular formula is C15H19BrS. The molecule has 0 amide bonds. The van der Waals surface area contributed by atoms with Crippen molar-refractivity contribution in [3.8, 4) is 0 Å². The Bertz CT molecular complexity index is 493. The molecule has 0 radical (unpaired) electrons. The first-order valence-corrected chi connectivity index (χ1v) is 7.87. The number of thiophene rings is 1. The minimum Gasteiger partial charge on any atom is -0.144 e. The van der Waals surface area contributed by atoms with Crippen molar-refractivity contribution in [3.63, 3.8) is 0 Å². The van der Waals surface area contributed by atoms with Crippen LogP contribution in [0.2, 0.25) is 0 Å². The van der Waals surface area contributed by atoms with Crippen LogP contribution in [0.1, 0.15) is 32.8 Å². The van der Waals surface area contributed by atoms with E-state index in [9.17, 15) is 0 Å². The number of rotatable bonds is 3. The topological polar surface area (TPSA) is 0 Å². The summed E-state index contributed by atoms with van der Waals surface area (Å²) < 4.78 is 1.46. The lowest BCUT2D eigenvalue weighted by molar-refractivity contribution is 0.386. The molecule has 0 nitrogen and oxygen atoms in total. The molecular weight excluding hydrogens is 292 g/mol. The van der Waals surface area contributed by atoms with Gasteiger partial charge in [-0.15, -0.1) is 11.3 Å². The van der Waals surface area contributed by atoms with Gasteiger partial charge in [0.25, 0.3) is 0 Å². The summed E-state index contributed by atoms with van der Waals surface area (Å²) in [5, 5.41) is 3.57. The third kappa shape index (κ3) is 3.11. The molecule has 0 aliphatic heterocycles. The Labute approximate surface area is 116 Å². The molecule has 1 heterocycles. The predicted octanol–water partition coefficient (Wildman–Crippen LogP) is 5.64. The van der Waals surface area contributed by atoms with E-state index in [1.165, 1.54) is 22.1 Å². The molecule has 0 fully saturated rings. The largest absolute Gasteiger partial charge is 0.144 e. The van der Waals surface area contributed by atoms with Crippen LogP contribution in [0.15, 0.2) is 29.6 Å². The monoisotopic (exact) mass is 310 g/mol. The van der Waals surface area contributed by atoms with Crippen LogP contribution in [0, 0.1) is 5.41 Å². The van der Waals surface area contributed by atoms with Gasteiger partial charge in [-0.2, -0.15) is 0 Å². The zero-order valence-corrected chi connectivity index (χ0v) is 13.1. The van der Waals surface area contributed by atoms with E-state index < -0.39 is 0 Å². The highest BCUT2D eigenvalue weighted by atomic mass is 79.9. The van der Waals surface area contributed by atoms with Crippen LogP contribution in [0.5, 0.6) is 0 Å². The summed E-state index contributed by atoms with van der Waals surface area (Å²) in [7, 11) is 0. The Kier molecular flexibility index (Phi) is 3.94. The SMILES string of the molecule is CC(C)(C)C(Br)CCc1cccc2ccsc12. The van der Waals surface area contributed by atoms with Crippen molar-refractivity contribution in [1.29, 1.82) is 0 Å². The van der Waals surface area contributed by atoms with Crippen molar-refractivity contribution in [3.05, 3.63) is 35.2 Å². The lowest BCUT2D eigenvalue weighted by atomic mass is 9.88. The smallest absolute Gasteiger partial charge is 0.0374 e. The summed E-state index contributed by atoms with van der Waals surface area (Å²) in [6.45, 7) is 6.87. The molecule has 0 N–H and O–H groups in total. The number of aryl methyl sites for hydroxylation is 1. The van der Waals surface area contributed by atoms with E-state index in [1.54, 1.807) is 0 Å². The first-order valence-electron chi connectivity index (χ1n) is 6.07. The fourth-order valence-corrected chi connectivity index (χ4v) is 3.14. The Morgan fingerprint density at radius 3 is 2.71 bits per heavy atom. The van der Waals surface area contributed by atoms with E-state index in [4.69, 9.17) is 0 Å². The van der Waals surface area contributed by atoms with Crippen molar-refractivity contribution in [2.24, 2.45) is 5.41 Å². The van der Waals surface area contributed by atoms with E-state index in [0.717, 1.165) is 6.42 Å². The molecule has 0 saturated carbocycles. The van der Waals surface area contributed by atoms with Crippen molar-refractivity contribution in [2.45, 2.75) is 38.4 Å². The fraction of sp³-hybridized carbons (Fsp3) is 0.467. The molecule has 2 rings (SSSR count). The number of fused-ring (bicyclic) bond motifs is 1. The first-order chi connectivity index (χ1) is 7.98. The van der Waals surface area contributed by atoms with Crippen molar-refractivity contribution >= 4 is 37.4 Å². The molecule has 17 heavy (non-hydrogen) atoms. The maximum atomic E-state index is 3.81. The Hall–Kier alpha value is -0.340. The molecule has 2 aromatic rings. The van der Waals surface area contributed by atoms with Crippen LogP contribution in [0.4, 0.5) is 0 Å². The highest BCUT2D eigenvalue weighted by Gasteiger charge is 2.21. The first kappa shape index (κ1) is 13.1. The maximum absolute atomic E-state index is 3.81. The summed E-state index contributed by atoms with van der Waals surface area (Å²) in [6, 6.07) is 8.84. The summed E-state index contributed by atoms with van der Waals surface area (Å²) in [5.74, 6) is 0. The third-order valence-corrected chi connectivity index (χ3v) is 6.00. The Balaban J connectivity index is 2.12. The standard InChI is InChI=1S/C15H19BrS/c1-15(2,3)13(16)8-7-11-5-4-6-12-9-10-17-14(11)12/h4-6,9-10,13H,7-8H2,1-3H3. The zero-order chi connectivity index (χ0) is 12.5. The molecule has 1 aromatic heterocycles. The van der Waals surface area contributed by atoms with Gasteiger partial charge >= 0.3 is 0 Å². The van der Waals surface area contributed by atoms with Gasteiger partial charge in [0.15, 0.2) is 0 Å². The van der Waals surface area contributed by atoms with Gasteiger partial charge in [0, 0.05) is 9.53 Å². The van der Waals surface area contributed by atoms with Crippen molar-refractivity contribution in [1.82, 2.24) is 0 Å². The summed E-state index contributed by atoms with van der Waals surface area (Å²) >= 11 is 5.67. The number of benzene rings is 1. The van der Waals surface area contributed by atoms with E-state index >= 15 is 0 Å². The lowest BCUT2D eigenvalue weighted by Gasteiger charge is -2.25. The van der Waals surface area contributed by atoms with E-state index in [2.05, 4.69) is 66.3 Å². The quantitative estimate of drug-likeness (QED) is 0.643. The van der Waals surface area contributed by atoms with E-state index in [-0.39, 0.29) is 0 Å². The van der Waals surface area contributed by atoms with Gasteiger partial charge in [-0.1, -0.05) is 54.9 Å². The molecule has 92 valence electrons. The van der Waals surface area contributed by atoms with Crippen LogP contribution in [0.25, 0.3) is 10.1 Å². The molecule has 0 spiro atoms. The van der Waals surface area contributed by atoms with Crippen LogP contribution >= 0.6 is 27.3 Å². The van der Waals surface area contributed by atoms with Gasteiger partial charge in [0.05, 0.1) is 0 Å². The van der Waals surface area contributed by atoms with Gasteiger partial charge in [0.2, 0.25) is 0 Å². The van der Waals surface area contributed by atoms with Crippen LogP contribution in [-0.2, 0) is 6.42 Å². The average Bonchev–Trinajstić information content (AvgIpc) is 2.72. The summed E-state index contributed by atoms with van der Waals surface area (Å²) in [5.41, 5.74) is 1.83. The van der Waals surface area contributed by atoms with Crippen LogP contribution in [0.3, 0.4) is 0 Å². The summed E-state index contributed by atoms with van der Waals surface area (Å²) in [4.78, 5) is 0.574. The van der Waals surface area contributed by atoms with Gasteiger partial charge in [-0.3, -0.25) is 0 Å².